The summed E-state index contributed by atoms with van der Waals surface area (Å²) >= 11 is 0. The van der Waals surface area contributed by atoms with E-state index in [1.807, 2.05) is 54.6 Å². The smallest absolute Gasteiger partial charge is 0.194 e. The van der Waals surface area contributed by atoms with Crippen molar-refractivity contribution in [3.8, 4) is 11.5 Å². The van der Waals surface area contributed by atoms with Gasteiger partial charge in [0.25, 0.3) is 0 Å². The van der Waals surface area contributed by atoms with Crippen LogP contribution in [-0.4, -0.2) is 25.2 Å². The highest BCUT2D eigenvalue weighted by Crippen LogP contribution is 2.38. The van der Waals surface area contributed by atoms with E-state index in [-0.39, 0.29) is 18.1 Å². The van der Waals surface area contributed by atoms with Crippen molar-refractivity contribution in [1.82, 2.24) is 15.0 Å². The third kappa shape index (κ3) is 3.79. The van der Waals surface area contributed by atoms with Crippen molar-refractivity contribution in [1.29, 1.82) is 0 Å². The molecule has 2 N–H and O–H groups in total. The summed E-state index contributed by atoms with van der Waals surface area (Å²) in [5.74, 6) is -0.0783. The Hall–Kier alpha value is -3.77. The minimum absolute atomic E-state index is 0.0392. The minimum atomic E-state index is -1.18. The van der Waals surface area contributed by atoms with Crippen LogP contribution in [0.1, 0.15) is 22.6 Å². The van der Waals surface area contributed by atoms with E-state index in [4.69, 9.17) is 4.74 Å². The summed E-state index contributed by atoms with van der Waals surface area (Å²) < 4.78 is 6.47. The molecule has 0 aliphatic carbocycles. The SMILES string of the molecule is Oc1cc(O)cc(COC(c2ccccn2)(c2ccccn2)c2ccccn2)c1. The fraction of sp³-hybridized carbons (Fsp3) is 0.0870. The molecule has 0 saturated heterocycles. The molecular weight excluding hydrogens is 366 g/mol. The second-order valence-electron chi connectivity index (χ2n) is 6.47. The summed E-state index contributed by atoms with van der Waals surface area (Å²) in [6.45, 7) is 0.0890. The van der Waals surface area contributed by atoms with Gasteiger partial charge in [0.1, 0.15) is 11.5 Å². The summed E-state index contributed by atoms with van der Waals surface area (Å²) in [6.07, 6.45) is 5.08. The first-order valence-electron chi connectivity index (χ1n) is 9.09. The Morgan fingerprint density at radius 1 is 0.655 bits per heavy atom. The Balaban J connectivity index is 1.87. The molecule has 1 aromatic carbocycles. The molecule has 0 amide bonds. The summed E-state index contributed by atoms with van der Waals surface area (Å²) in [5, 5.41) is 19.6. The van der Waals surface area contributed by atoms with Gasteiger partial charge in [-0.1, -0.05) is 18.2 Å². The average molecular weight is 385 g/mol. The quantitative estimate of drug-likeness (QED) is 0.525. The number of phenols is 2. The Morgan fingerprint density at radius 3 is 1.48 bits per heavy atom. The lowest BCUT2D eigenvalue weighted by atomic mass is 9.89. The largest absolute Gasteiger partial charge is 0.508 e. The first-order valence-corrected chi connectivity index (χ1v) is 9.09. The summed E-state index contributed by atoms with van der Waals surface area (Å²) in [6, 6.07) is 21.1. The number of ether oxygens (including phenoxy) is 1. The fourth-order valence-corrected chi connectivity index (χ4v) is 3.26. The second-order valence-corrected chi connectivity index (χ2v) is 6.47. The van der Waals surface area contributed by atoms with Crippen LogP contribution in [0.25, 0.3) is 0 Å². The molecule has 3 aromatic heterocycles. The van der Waals surface area contributed by atoms with Crippen molar-refractivity contribution >= 4 is 0 Å². The van der Waals surface area contributed by atoms with Gasteiger partial charge in [0, 0.05) is 24.7 Å². The van der Waals surface area contributed by atoms with Gasteiger partial charge in [-0.25, -0.2) is 0 Å². The molecule has 0 spiro atoms. The number of hydrogen-bond acceptors (Lipinski definition) is 6. The molecule has 4 rings (SSSR count). The van der Waals surface area contributed by atoms with E-state index in [1.54, 1.807) is 30.7 Å². The Kier molecular flexibility index (Phi) is 5.18. The van der Waals surface area contributed by atoms with E-state index in [0.29, 0.717) is 22.6 Å². The molecule has 0 bridgehead atoms. The first-order chi connectivity index (χ1) is 14.2. The molecule has 144 valence electrons. The Morgan fingerprint density at radius 2 is 1.10 bits per heavy atom. The van der Waals surface area contributed by atoms with Crippen molar-refractivity contribution in [3.05, 3.63) is 114 Å². The number of rotatable bonds is 6. The summed E-state index contributed by atoms with van der Waals surface area (Å²) in [7, 11) is 0. The number of phenolic OH excluding ortho intramolecular Hbond substituents is 2. The van der Waals surface area contributed by atoms with Gasteiger partial charge in [0.2, 0.25) is 0 Å². The van der Waals surface area contributed by atoms with Crippen LogP contribution in [0.3, 0.4) is 0 Å². The monoisotopic (exact) mass is 385 g/mol. The lowest BCUT2D eigenvalue weighted by Gasteiger charge is -2.32. The van der Waals surface area contributed by atoms with Crippen LogP contribution in [0, 0.1) is 0 Å². The Bertz CT molecular complexity index is 957. The molecule has 0 atom stereocenters. The molecule has 4 aromatic rings. The van der Waals surface area contributed by atoms with Crippen LogP contribution in [0.4, 0.5) is 0 Å². The number of aromatic hydroxyl groups is 2. The van der Waals surface area contributed by atoms with Gasteiger partial charge >= 0.3 is 0 Å². The second kappa shape index (κ2) is 8.08. The first kappa shape index (κ1) is 18.6. The molecule has 3 heterocycles. The molecule has 6 nitrogen and oxygen atoms in total. The van der Waals surface area contributed by atoms with Gasteiger partial charge in [0.05, 0.1) is 23.7 Å². The molecule has 0 aliphatic rings. The number of hydrogen-bond donors (Lipinski definition) is 2. The van der Waals surface area contributed by atoms with E-state index in [9.17, 15) is 10.2 Å². The van der Waals surface area contributed by atoms with Crippen molar-refractivity contribution in [2.24, 2.45) is 0 Å². The van der Waals surface area contributed by atoms with Crippen LogP contribution < -0.4 is 0 Å². The van der Waals surface area contributed by atoms with E-state index >= 15 is 0 Å². The Labute approximate surface area is 168 Å². The van der Waals surface area contributed by atoms with Gasteiger partial charge in [-0.3, -0.25) is 15.0 Å². The number of aromatic nitrogens is 3. The predicted molar refractivity (Wildman–Crippen MR) is 107 cm³/mol. The summed E-state index contributed by atoms with van der Waals surface area (Å²) in [4.78, 5) is 13.6. The zero-order valence-corrected chi connectivity index (χ0v) is 15.5. The normalized spacial score (nSPS) is 11.3. The molecule has 0 unspecified atom stereocenters. The topological polar surface area (TPSA) is 88.4 Å². The van der Waals surface area contributed by atoms with Gasteiger partial charge in [-0.2, -0.15) is 0 Å². The highest BCUT2D eigenvalue weighted by Gasteiger charge is 2.41. The van der Waals surface area contributed by atoms with Gasteiger partial charge in [-0.05, 0) is 54.1 Å². The highest BCUT2D eigenvalue weighted by molar-refractivity contribution is 5.40. The predicted octanol–water partition coefficient (Wildman–Crippen LogP) is 3.79. The van der Waals surface area contributed by atoms with Gasteiger partial charge < -0.3 is 14.9 Å². The van der Waals surface area contributed by atoms with E-state index in [1.165, 1.54) is 6.07 Å². The molecule has 0 aliphatic heterocycles. The molecule has 0 fully saturated rings. The highest BCUT2D eigenvalue weighted by atomic mass is 16.5. The maximum Gasteiger partial charge on any atom is 0.194 e. The van der Waals surface area contributed by atoms with Crippen LogP contribution in [-0.2, 0) is 16.9 Å². The fourth-order valence-electron chi connectivity index (χ4n) is 3.26. The minimum Gasteiger partial charge on any atom is -0.508 e. The van der Waals surface area contributed by atoms with Crippen LogP contribution in [0.2, 0.25) is 0 Å². The molecular formula is C23H19N3O3. The zero-order chi connectivity index (χ0) is 20.1. The molecule has 0 saturated carbocycles. The standard InChI is InChI=1S/C23H19N3O3/c27-18-13-17(14-19(28)15-18)16-29-23(20-7-1-4-10-24-20,21-8-2-5-11-25-21)22-9-3-6-12-26-22/h1-15,27-28H,16H2. The maximum atomic E-state index is 9.82. The lowest BCUT2D eigenvalue weighted by molar-refractivity contribution is -0.00879. The van der Waals surface area contributed by atoms with Crippen LogP contribution in [0.15, 0.2) is 91.4 Å². The van der Waals surface area contributed by atoms with Crippen molar-refractivity contribution in [2.75, 3.05) is 0 Å². The molecule has 0 radical (unpaired) electrons. The van der Waals surface area contributed by atoms with Gasteiger partial charge in [0.15, 0.2) is 5.60 Å². The number of benzene rings is 1. The van der Waals surface area contributed by atoms with Crippen molar-refractivity contribution in [2.45, 2.75) is 12.2 Å². The molecule has 29 heavy (non-hydrogen) atoms. The number of nitrogens with zero attached hydrogens (tertiary/aromatic N) is 3. The van der Waals surface area contributed by atoms with Crippen molar-refractivity contribution in [3.63, 3.8) is 0 Å². The summed E-state index contributed by atoms with van der Waals surface area (Å²) in [5.41, 5.74) is 1.31. The van der Waals surface area contributed by atoms with E-state index in [2.05, 4.69) is 15.0 Å². The number of pyridine rings is 3. The molecule has 6 heteroatoms. The van der Waals surface area contributed by atoms with E-state index in [0.717, 1.165) is 0 Å². The lowest BCUT2D eigenvalue weighted by Crippen LogP contribution is -2.35. The van der Waals surface area contributed by atoms with Crippen LogP contribution in [0.5, 0.6) is 11.5 Å². The maximum absolute atomic E-state index is 9.82. The van der Waals surface area contributed by atoms with Gasteiger partial charge in [-0.15, -0.1) is 0 Å². The zero-order valence-electron chi connectivity index (χ0n) is 15.5. The van der Waals surface area contributed by atoms with Crippen molar-refractivity contribution < 1.29 is 14.9 Å². The van der Waals surface area contributed by atoms with E-state index < -0.39 is 5.60 Å². The average Bonchev–Trinajstić information content (AvgIpc) is 2.76. The van der Waals surface area contributed by atoms with Crippen LogP contribution >= 0.6 is 0 Å². The third-order valence-corrected chi connectivity index (χ3v) is 4.49. The third-order valence-electron chi connectivity index (χ3n) is 4.49.